The first-order valence-corrected chi connectivity index (χ1v) is 9.82. The number of cyclic esters (lactones) is 1. The van der Waals surface area contributed by atoms with Gasteiger partial charge in [0.25, 0.3) is 0 Å². The van der Waals surface area contributed by atoms with Gasteiger partial charge in [-0.2, -0.15) is 0 Å². The standard InChI is InChI=1S/C22H25N3O3/c1-15-10-11-17(25-12-13-28-22(25)27)14-20(15)24-21(26)23-19-9-5-3-7-16-6-2-4-8-18(16)19/h2,4,6,8,10-11,14,19H,3,5,7,9,12-13H2,1H3,(H2,23,24,26)/t19-/m1/s1. The van der Waals surface area contributed by atoms with E-state index >= 15 is 0 Å². The van der Waals surface area contributed by atoms with Crippen molar-refractivity contribution < 1.29 is 14.3 Å². The number of benzene rings is 2. The molecule has 1 saturated heterocycles. The Morgan fingerprint density at radius 3 is 2.86 bits per heavy atom. The zero-order chi connectivity index (χ0) is 19.5. The van der Waals surface area contributed by atoms with Crippen LogP contribution in [0.15, 0.2) is 42.5 Å². The van der Waals surface area contributed by atoms with E-state index in [0.717, 1.165) is 36.9 Å². The Bertz CT molecular complexity index is 896. The highest BCUT2D eigenvalue weighted by molar-refractivity contribution is 5.94. The van der Waals surface area contributed by atoms with Crippen LogP contribution in [0.25, 0.3) is 0 Å². The summed E-state index contributed by atoms with van der Waals surface area (Å²) >= 11 is 0. The molecule has 1 heterocycles. The van der Waals surface area contributed by atoms with E-state index in [1.165, 1.54) is 11.1 Å². The second kappa shape index (κ2) is 7.92. The summed E-state index contributed by atoms with van der Waals surface area (Å²) in [5.41, 5.74) is 4.88. The summed E-state index contributed by atoms with van der Waals surface area (Å²) in [4.78, 5) is 26.1. The third-order valence-corrected chi connectivity index (χ3v) is 5.47. The summed E-state index contributed by atoms with van der Waals surface area (Å²) in [6, 6.07) is 13.7. The largest absolute Gasteiger partial charge is 0.447 e. The van der Waals surface area contributed by atoms with Gasteiger partial charge in [0.2, 0.25) is 0 Å². The molecular weight excluding hydrogens is 354 g/mol. The van der Waals surface area contributed by atoms with Gasteiger partial charge in [0.05, 0.1) is 12.6 Å². The molecule has 0 spiro atoms. The third-order valence-electron chi connectivity index (χ3n) is 5.47. The number of hydrogen-bond acceptors (Lipinski definition) is 3. The summed E-state index contributed by atoms with van der Waals surface area (Å²) in [6.07, 6.45) is 3.87. The van der Waals surface area contributed by atoms with Crippen molar-refractivity contribution >= 4 is 23.5 Å². The molecule has 0 radical (unpaired) electrons. The van der Waals surface area contributed by atoms with E-state index in [4.69, 9.17) is 4.74 Å². The summed E-state index contributed by atoms with van der Waals surface area (Å²) in [7, 11) is 0. The van der Waals surface area contributed by atoms with Crippen LogP contribution in [0.2, 0.25) is 0 Å². The SMILES string of the molecule is Cc1ccc(N2CCOC2=O)cc1NC(=O)N[C@@H]1CCCCc2ccccc21. The van der Waals surface area contributed by atoms with Gasteiger partial charge >= 0.3 is 12.1 Å². The minimum atomic E-state index is -0.352. The number of carbonyl (C=O) groups excluding carboxylic acids is 2. The monoisotopic (exact) mass is 379 g/mol. The summed E-state index contributed by atoms with van der Waals surface area (Å²) in [6.45, 7) is 2.84. The number of rotatable bonds is 3. The number of anilines is 2. The molecule has 146 valence electrons. The molecule has 3 amide bonds. The molecule has 28 heavy (non-hydrogen) atoms. The molecule has 6 nitrogen and oxygen atoms in total. The number of urea groups is 1. The molecule has 1 aliphatic heterocycles. The molecule has 1 atom stereocenters. The molecule has 4 rings (SSSR count). The second-order valence-corrected chi connectivity index (χ2v) is 7.36. The highest BCUT2D eigenvalue weighted by atomic mass is 16.6. The van der Waals surface area contributed by atoms with E-state index < -0.39 is 0 Å². The molecule has 2 aromatic rings. The normalized spacial score (nSPS) is 18.8. The minimum Gasteiger partial charge on any atom is -0.447 e. The molecule has 2 aromatic carbocycles. The molecule has 1 fully saturated rings. The van der Waals surface area contributed by atoms with E-state index in [-0.39, 0.29) is 18.2 Å². The quantitative estimate of drug-likeness (QED) is 0.769. The maximum Gasteiger partial charge on any atom is 0.414 e. The molecule has 0 aromatic heterocycles. The molecule has 0 bridgehead atoms. The van der Waals surface area contributed by atoms with Crippen molar-refractivity contribution in [2.45, 2.75) is 38.6 Å². The smallest absolute Gasteiger partial charge is 0.414 e. The Kier molecular flexibility index (Phi) is 5.19. The number of aryl methyl sites for hydroxylation is 2. The van der Waals surface area contributed by atoms with Crippen LogP contribution in [-0.2, 0) is 11.2 Å². The number of ether oxygens (including phenoxy) is 1. The lowest BCUT2D eigenvalue weighted by molar-refractivity contribution is 0.181. The fraction of sp³-hybridized carbons (Fsp3) is 0.364. The van der Waals surface area contributed by atoms with E-state index in [1.54, 1.807) is 4.90 Å². The van der Waals surface area contributed by atoms with E-state index in [9.17, 15) is 9.59 Å². The molecule has 2 N–H and O–H groups in total. The zero-order valence-electron chi connectivity index (χ0n) is 16.0. The van der Waals surface area contributed by atoms with Crippen molar-refractivity contribution in [1.29, 1.82) is 0 Å². The molecule has 6 heteroatoms. The van der Waals surface area contributed by atoms with Gasteiger partial charge in [0.1, 0.15) is 6.61 Å². The zero-order valence-corrected chi connectivity index (χ0v) is 16.0. The lowest BCUT2D eigenvalue weighted by Crippen LogP contribution is -2.33. The van der Waals surface area contributed by atoms with Crippen LogP contribution in [0.5, 0.6) is 0 Å². The second-order valence-electron chi connectivity index (χ2n) is 7.36. The number of nitrogens with one attached hydrogen (secondary N) is 2. The van der Waals surface area contributed by atoms with Crippen LogP contribution < -0.4 is 15.5 Å². The van der Waals surface area contributed by atoms with Gasteiger partial charge in [-0.25, -0.2) is 9.59 Å². The van der Waals surface area contributed by atoms with Crippen molar-refractivity contribution in [2.75, 3.05) is 23.4 Å². The third kappa shape index (κ3) is 3.81. The first kappa shape index (κ1) is 18.3. The van der Waals surface area contributed by atoms with Gasteiger partial charge in [-0.15, -0.1) is 0 Å². The fourth-order valence-electron chi connectivity index (χ4n) is 3.93. The maximum atomic E-state index is 12.7. The van der Waals surface area contributed by atoms with E-state index in [2.05, 4.69) is 28.8 Å². The highest BCUT2D eigenvalue weighted by Gasteiger charge is 2.24. The molecule has 2 aliphatic rings. The molecule has 0 unspecified atom stereocenters. The number of fused-ring (bicyclic) bond motifs is 1. The van der Waals surface area contributed by atoms with Crippen molar-refractivity contribution in [1.82, 2.24) is 5.32 Å². The predicted octanol–water partition coefficient (Wildman–Crippen LogP) is 4.54. The van der Waals surface area contributed by atoms with Gasteiger partial charge in [0, 0.05) is 11.4 Å². The van der Waals surface area contributed by atoms with Crippen molar-refractivity contribution in [3.8, 4) is 0 Å². The number of carbonyl (C=O) groups is 2. The highest BCUT2D eigenvalue weighted by Crippen LogP contribution is 2.29. The summed E-state index contributed by atoms with van der Waals surface area (Å²) < 4.78 is 5.00. The van der Waals surface area contributed by atoms with Gasteiger partial charge in [-0.1, -0.05) is 36.8 Å². The Hall–Kier alpha value is -3.02. The first-order valence-electron chi connectivity index (χ1n) is 9.82. The van der Waals surface area contributed by atoms with Crippen molar-refractivity contribution in [3.63, 3.8) is 0 Å². The topological polar surface area (TPSA) is 70.7 Å². The Morgan fingerprint density at radius 2 is 2.04 bits per heavy atom. The first-order chi connectivity index (χ1) is 13.6. The Balaban J connectivity index is 1.49. The van der Waals surface area contributed by atoms with Crippen LogP contribution >= 0.6 is 0 Å². The van der Waals surface area contributed by atoms with E-state index in [1.807, 2.05) is 31.2 Å². The van der Waals surface area contributed by atoms with Crippen LogP contribution in [-0.4, -0.2) is 25.3 Å². The maximum absolute atomic E-state index is 12.7. The van der Waals surface area contributed by atoms with Crippen LogP contribution in [0.1, 0.15) is 42.0 Å². The predicted molar refractivity (Wildman–Crippen MR) is 109 cm³/mol. The number of hydrogen-bond donors (Lipinski definition) is 2. The van der Waals surface area contributed by atoms with Crippen molar-refractivity contribution in [2.24, 2.45) is 0 Å². The van der Waals surface area contributed by atoms with Crippen LogP contribution in [0.4, 0.5) is 21.0 Å². The molecule has 1 aliphatic carbocycles. The van der Waals surface area contributed by atoms with E-state index in [0.29, 0.717) is 18.8 Å². The van der Waals surface area contributed by atoms with Gasteiger partial charge in [-0.05, 0) is 55.0 Å². The average molecular weight is 379 g/mol. The van der Waals surface area contributed by atoms with Gasteiger partial charge < -0.3 is 15.4 Å². The molecular formula is C22H25N3O3. The van der Waals surface area contributed by atoms with Crippen LogP contribution in [0, 0.1) is 6.92 Å². The fourth-order valence-corrected chi connectivity index (χ4v) is 3.93. The van der Waals surface area contributed by atoms with Crippen LogP contribution in [0.3, 0.4) is 0 Å². The van der Waals surface area contributed by atoms with Gasteiger partial charge in [0.15, 0.2) is 0 Å². The average Bonchev–Trinajstić information content (AvgIpc) is 3.01. The Labute approximate surface area is 164 Å². The lowest BCUT2D eigenvalue weighted by atomic mass is 9.99. The number of amides is 3. The lowest BCUT2D eigenvalue weighted by Gasteiger charge is -2.21. The Morgan fingerprint density at radius 1 is 1.18 bits per heavy atom. The van der Waals surface area contributed by atoms with Gasteiger partial charge in [-0.3, -0.25) is 4.90 Å². The summed E-state index contributed by atoms with van der Waals surface area (Å²) in [5, 5.41) is 6.09. The van der Waals surface area contributed by atoms with Crippen molar-refractivity contribution in [3.05, 3.63) is 59.2 Å². The summed E-state index contributed by atoms with van der Waals surface area (Å²) in [5.74, 6) is 0. The number of nitrogens with zero attached hydrogens (tertiary/aromatic N) is 1. The molecule has 0 saturated carbocycles. The minimum absolute atomic E-state index is 0.00995.